The van der Waals surface area contributed by atoms with E-state index in [0.29, 0.717) is 0 Å². The number of fused-ring (bicyclic) bond motifs is 2. The lowest BCUT2D eigenvalue weighted by molar-refractivity contribution is 1.01. The van der Waals surface area contributed by atoms with Crippen LogP contribution in [0.4, 0.5) is 0 Å². The van der Waals surface area contributed by atoms with Crippen LogP contribution in [0.1, 0.15) is 0 Å². The highest BCUT2D eigenvalue weighted by molar-refractivity contribution is 6.28. The monoisotopic (exact) mass is 292 g/mol. The zero-order valence-corrected chi connectivity index (χ0v) is 12.6. The summed E-state index contributed by atoms with van der Waals surface area (Å²) in [5.41, 5.74) is 4.92. The van der Waals surface area contributed by atoms with Crippen molar-refractivity contribution in [2.45, 2.75) is 0 Å². The summed E-state index contributed by atoms with van der Waals surface area (Å²) in [6.07, 6.45) is 3.32. The molecule has 0 radical (unpaired) electrons. The average Bonchev–Trinajstić information content (AvgIpc) is 3.11. The Labute approximate surface area is 132 Å². The van der Waals surface area contributed by atoms with Crippen LogP contribution in [0.25, 0.3) is 49.0 Å². The molecule has 3 aromatic heterocycles. The van der Waals surface area contributed by atoms with Gasteiger partial charge in [-0.05, 0) is 35.7 Å². The minimum Gasteiger partial charge on any atom is -0.344 e. The molecule has 0 saturated carbocycles. The van der Waals surface area contributed by atoms with E-state index >= 15 is 0 Å². The molecule has 6 rings (SSSR count). The fourth-order valence-corrected chi connectivity index (χ4v) is 4.14. The lowest BCUT2D eigenvalue weighted by Crippen LogP contribution is -1.88. The normalized spacial score (nSPS) is 12.2. The number of aromatic nitrogens is 2. The Hall–Kier alpha value is -3.18. The van der Waals surface area contributed by atoms with Crippen molar-refractivity contribution in [3.8, 4) is 0 Å². The Kier molecular flexibility index (Phi) is 1.78. The topological polar surface area (TPSA) is 9.34 Å². The molecule has 0 aliphatic carbocycles. The lowest BCUT2D eigenvalue weighted by Gasteiger charge is -2.02. The minimum absolute atomic E-state index is 1.12. The Bertz CT molecular complexity index is 1340. The van der Waals surface area contributed by atoms with E-state index in [9.17, 15) is 0 Å². The predicted octanol–water partition coefficient (Wildman–Crippen LogP) is 4.93. The van der Waals surface area contributed by atoms with Gasteiger partial charge in [0, 0.05) is 34.9 Å². The lowest BCUT2D eigenvalue weighted by atomic mass is 10.0. The first-order valence-corrected chi connectivity index (χ1v) is 7.80. The molecule has 0 aliphatic rings. The van der Waals surface area contributed by atoms with Crippen molar-refractivity contribution >= 4 is 49.0 Å². The molecule has 3 aromatic carbocycles. The highest BCUT2D eigenvalue weighted by Gasteiger charge is 2.16. The molecule has 0 amide bonds. The van der Waals surface area contributed by atoms with Crippen LogP contribution in [0.2, 0.25) is 0 Å². The highest BCUT2D eigenvalue weighted by atomic mass is 14.9. The molecule has 106 valence electrons. The zero-order chi connectivity index (χ0) is 15.1. The molecule has 0 saturated heterocycles. The molecule has 3 heterocycles. The van der Waals surface area contributed by atoms with Gasteiger partial charge in [-0.3, -0.25) is 4.40 Å². The molecular weight excluding hydrogens is 280 g/mol. The predicted molar refractivity (Wildman–Crippen MR) is 95.3 cm³/mol. The van der Waals surface area contributed by atoms with E-state index in [0.717, 1.165) is 5.39 Å². The summed E-state index contributed by atoms with van der Waals surface area (Å²) in [5, 5.41) is 6.31. The Morgan fingerprint density at radius 1 is 0.739 bits per heavy atom. The third-order valence-electron chi connectivity index (χ3n) is 5.13. The van der Waals surface area contributed by atoms with Crippen molar-refractivity contribution in [1.29, 1.82) is 0 Å². The maximum atomic E-state index is 3.32. The van der Waals surface area contributed by atoms with Crippen LogP contribution >= 0.6 is 0 Å². The van der Waals surface area contributed by atoms with Crippen LogP contribution in [-0.2, 0) is 7.05 Å². The molecular formula is C21H12N2. The van der Waals surface area contributed by atoms with E-state index in [2.05, 4.69) is 82.9 Å². The van der Waals surface area contributed by atoms with Gasteiger partial charge in [-0.1, -0.05) is 30.3 Å². The van der Waals surface area contributed by atoms with Crippen LogP contribution in [0, 0.1) is 12.3 Å². The second kappa shape index (κ2) is 3.59. The third kappa shape index (κ3) is 1.16. The second-order valence-electron chi connectivity index (χ2n) is 6.20. The van der Waals surface area contributed by atoms with Crippen LogP contribution in [0.5, 0.6) is 0 Å². The van der Waals surface area contributed by atoms with Gasteiger partial charge in [-0.25, -0.2) is 0 Å². The van der Waals surface area contributed by atoms with Crippen molar-refractivity contribution < 1.29 is 0 Å². The Morgan fingerprint density at radius 3 is 2.35 bits per heavy atom. The molecule has 0 spiro atoms. The molecule has 0 unspecified atom stereocenters. The number of benzene rings is 3. The van der Waals surface area contributed by atoms with Gasteiger partial charge in [0.2, 0.25) is 0 Å². The first-order chi connectivity index (χ1) is 11.3. The first-order valence-electron chi connectivity index (χ1n) is 7.80. The summed E-state index contributed by atoms with van der Waals surface area (Å²) in [7, 11) is 2.15. The van der Waals surface area contributed by atoms with Gasteiger partial charge in [0.05, 0.1) is 21.9 Å². The third-order valence-corrected chi connectivity index (χ3v) is 5.13. The van der Waals surface area contributed by atoms with E-state index < -0.39 is 0 Å². The van der Waals surface area contributed by atoms with E-state index in [1.54, 1.807) is 0 Å². The maximum absolute atomic E-state index is 3.32. The standard InChI is InChI=1S/C21H12N2/c1-22-16-8-3-6-14-15-7-2-5-13-11-12-23(21(13)15)18-10-4-9-17(22)20(18)19(14)16/h2-10H,1H3. The van der Waals surface area contributed by atoms with E-state index in [1.807, 2.05) is 0 Å². The second-order valence-corrected chi connectivity index (χ2v) is 6.20. The van der Waals surface area contributed by atoms with Gasteiger partial charge in [-0.2, -0.15) is 0 Å². The van der Waals surface area contributed by atoms with E-state index in [1.165, 1.54) is 43.6 Å². The molecule has 0 atom stereocenters. The number of aryl methyl sites for hydroxylation is 1. The maximum Gasteiger partial charge on any atom is 0.0781 e. The molecule has 0 fully saturated rings. The van der Waals surface area contributed by atoms with Crippen molar-refractivity contribution in [3.05, 3.63) is 66.9 Å². The number of nitrogens with zero attached hydrogens (tertiary/aromatic N) is 2. The summed E-state index contributed by atoms with van der Waals surface area (Å²) in [4.78, 5) is 0. The van der Waals surface area contributed by atoms with Crippen LogP contribution in [0.3, 0.4) is 0 Å². The molecule has 2 nitrogen and oxygen atoms in total. The van der Waals surface area contributed by atoms with Gasteiger partial charge in [0.15, 0.2) is 0 Å². The van der Waals surface area contributed by atoms with Gasteiger partial charge >= 0.3 is 0 Å². The van der Waals surface area contributed by atoms with Crippen molar-refractivity contribution in [2.75, 3.05) is 0 Å². The first kappa shape index (κ1) is 11.4. The van der Waals surface area contributed by atoms with Gasteiger partial charge < -0.3 is 4.57 Å². The summed E-state index contributed by atoms with van der Waals surface area (Å²) >= 11 is 0. The van der Waals surface area contributed by atoms with E-state index in [4.69, 9.17) is 0 Å². The molecule has 0 aliphatic heterocycles. The number of rotatable bonds is 0. The number of hydrogen-bond donors (Lipinski definition) is 0. The average molecular weight is 292 g/mol. The number of para-hydroxylation sites is 1. The molecule has 0 bridgehead atoms. The molecule has 0 N–H and O–H groups in total. The zero-order valence-electron chi connectivity index (χ0n) is 12.6. The van der Waals surface area contributed by atoms with Crippen LogP contribution < -0.4 is 0 Å². The molecule has 2 heteroatoms. The smallest absolute Gasteiger partial charge is 0.0781 e. The summed E-state index contributed by atoms with van der Waals surface area (Å²) in [6, 6.07) is 22.8. The molecule has 6 aromatic rings. The fraction of sp³-hybridized carbons (Fsp3) is 0.0476. The molecule has 23 heavy (non-hydrogen) atoms. The van der Waals surface area contributed by atoms with E-state index in [-0.39, 0.29) is 0 Å². The van der Waals surface area contributed by atoms with Crippen molar-refractivity contribution in [3.63, 3.8) is 0 Å². The largest absolute Gasteiger partial charge is 0.344 e. The summed E-state index contributed by atoms with van der Waals surface area (Å²) in [5.74, 6) is 0. The van der Waals surface area contributed by atoms with Crippen LogP contribution in [-0.4, -0.2) is 8.97 Å². The van der Waals surface area contributed by atoms with Gasteiger partial charge in [0.25, 0.3) is 0 Å². The Balaban J connectivity index is 2.22. The SMILES string of the molecule is Cn1c2cccc3c4cccc5c#cn(c6cccc1c6c32)c54. The summed E-state index contributed by atoms with van der Waals surface area (Å²) in [6.45, 7) is 0. The van der Waals surface area contributed by atoms with Gasteiger partial charge in [-0.15, -0.1) is 0 Å². The highest BCUT2D eigenvalue weighted by Crippen LogP contribution is 2.39. The quantitative estimate of drug-likeness (QED) is 0.375. The van der Waals surface area contributed by atoms with Crippen molar-refractivity contribution in [1.82, 2.24) is 8.97 Å². The fourth-order valence-electron chi connectivity index (χ4n) is 4.14. The Morgan fingerprint density at radius 2 is 1.43 bits per heavy atom. The number of hydrogen-bond acceptors (Lipinski definition) is 0. The summed E-state index contributed by atoms with van der Waals surface area (Å²) < 4.78 is 4.46. The van der Waals surface area contributed by atoms with Crippen LogP contribution in [0.15, 0.2) is 54.6 Å². The van der Waals surface area contributed by atoms with Gasteiger partial charge in [0.1, 0.15) is 0 Å². The minimum atomic E-state index is 1.12. The van der Waals surface area contributed by atoms with Crippen molar-refractivity contribution in [2.24, 2.45) is 7.05 Å².